The van der Waals surface area contributed by atoms with Crippen LogP contribution in [0.2, 0.25) is 13.3 Å². The summed E-state index contributed by atoms with van der Waals surface area (Å²) in [5, 5.41) is 0. The minimum absolute atomic E-state index is 0.337. The predicted octanol–water partition coefficient (Wildman–Crippen LogP) is 16.7. The van der Waals surface area contributed by atoms with Crippen LogP contribution in [0.1, 0.15) is 253 Å². The Labute approximate surface area is 365 Å². The summed E-state index contributed by atoms with van der Waals surface area (Å²) in [5.74, 6) is 0. The van der Waals surface area contributed by atoms with Crippen molar-refractivity contribution in [1.29, 1.82) is 0 Å². The Bertz CT molecular complexity index is 776. The van der Waals surface area contributed by atoms with E-state index in [2.05, 4.69) is 41.5 Å². The number of hydrogen-bond acceptors (Lipinski definition) is 8. The number of rotatable bonds is 44. The number of unbranched alkanes of at least 4 members (excludes halogenated alkanes) is 27. The molecule has 0 amide bonds. The molecule has 0 aromatic carbocycles. The van der Waals surface area contributed by atoms with E-state index in [0.717, 1.165) is 124 Å². The molecule has 0 aliphatic rings. The van der Waals surface area contributed by atoms with Crippen LogP contribution in [0.25, 0.3) is 0 Å². The van der Waals surface area contributed by atoms with Crippen LogP contribution < -0.4 is 0 Å². The van der Waals surface area contributed by atoms with Crippen molar-refractivity contribution < 1.29 is 29.7 Å². The molecule has 0 aromatic heterocycles. The number of ether oxygens (including phenoxy) is 2. The van der Waals surface area contributed by atoms with Gasteiger partial charge in [0.15, 0.2) is 0 Å². The molecular weight excluding hydrogens is 930 g/mol. The molecule has 57 heavy (non-hydrogen) atoms. The Morgan fingerprint density at radius 2 is 0.632 bits per heavy atom. The first-order chi connectivity index (χ1) is 27.9. The van der Waals surface area contributed by atoms with Gasteiger partial charge in [-0.3, -0.25) is 0 Å². The van der Waals surface area contributed by atoms with Crippen LogP contribution in [0.4, 0.5) is 9.59 Å². The molecule has 0 N–H and O–H groups in total. The molecule has 0 aliphatic heterocycles. The molecule has 0 saturated carbocycles. The van der Waals surface area contributed by atoms with Crippen LogP contribution in [0.5, 0.6) is 0 Å². The average molecular weight is 1030 g/mol. The van der Waals surface area contributed by atoms with E-state index in [9.17, 15) is 9.59 Å². The molecule has 0 fully saturated rings. The van der Waals surface area contributed by atoms with Crippen molar-refractivity contribution in [2.75, 3.05) is 19.8 Å². The SMILES string of the molecule is CCCCCCC[CH2][Sn]([CH2]CCCCCCC)([O]C(=O)OCCCCCCC)[O][Sn]([CH2]CCCCCCC)([O]CCCCCCC)[O]C(=O)OCCCCCCC. The third-order valence-electron chi connectivity index (χ3n) is 11.0. The molecule has 0 aromatic rings. The van der Waals surface area contributed by atoms with Crippen LogP contribution in [0.15, 0.2) is 0 Å². The Kier molecular flexibility index (Phi) is 42.8. The zero-order valence-electron chi connectivity index (χ0n) is 38.8. The van der Waals surface area contributed by atoms with Gasteiger partial charge in [0.25, 0.3) is 0 Å². The molecule has 1 atom stereocenters. The second kappa shape index (κ2) is 42.7. The first kappa shape index (κ1) is 57.1. The van der Waals surface area contributed by atoms with Gasteiger partial charge in [0.05, 0.1) is 0 Å². The molecular formula is C47H96O8Sn2. The summed E-state index contributed by atoms with van der Waals surface area (Å²) in [6.45, 7) is 14.6. The van der Waals surface area contributed by atoms with Crippen LogP contribution >= 0.6 is 0 Å². The van der Waals surface area contributed by atoms with E-state index < -0.39 is 51.1 Å². The molecule has 0 heterocycles. The zero-order chi connectivity index (χ0) is 42.0. The molecule has 0 radical (unpaired) electrons. The van der Waals surface area contributed by atoms with Crippen molar-refractivity contribution in [3.8, 4) is 0 Å². The molecule has 1 unspecified atom stereocenters. The van der Waals surface area contributed by atoms with Gasteiger partial charge in [-0.25, -0.2) is 0 Å². The molecule has 8 nitrogen and oxygen atoms in total. The molecule has 340 valence electrons. The maximum atomic E-state index is 13.8. The van der Waals surface area contributed by atoms with E-state index in [-0.39, 0.29) is 0 Å². The van der Waals surface area contributed by atoms with Crippen molar-refractivity contribution in [1.82, 2.24) is 0 Å². The summed E-state index contributed by atoms with van der Waals surface area (Å²) in [7, 11) is 0. The molecule has 0 rings (SSSR count). The van der Waals surface area contributed by atoms with Gasteiger partial charge in [-0.2, -0.15) is 0 Å². The number of hydrogen-bond donors (Lipinski definition) is 0. The Morgan fingerprint density at radius 3 is 1.02 bits per heavy atom. The second-order valence-corrected chi connectivity index (χ2v) is 36.6. The quantitative estimate of drug-likeness (QED) is 0.0339. The van der Waals surface area contributed by atoms with E-state index in [1.54, 1.807) is 0 Å². The van der Waals surface area contributed by atoms with Gasteiger partial charge < -0.3 is 0 Å². The third kappa shape index (κ3) is 35.4. The van der Waals surface area contributed by atoms with Crippen molar-refractivity contribution >= 4 is 51.1 Å². The van der Waals surface area contributed by atoms with Gasteiger partial charge in [-0.1, -0.05) is 0 Å². The summed E-state index contributed by atoms with van der Waals surface area (Å²) in [6, 6.07) is 0. The summed E-state index contributed by atoms with van der Waals surface area (Å²) in [5.41, 5.74) is 0. The number of carbonyl (C=O) groups is 2. The van der Waals surface area contributed by atoms with Crippen molar-refractivity contribution in [2.24, 2.45) is 0 Å². The van der Waals surface area contributed by atoms with E-state index in [0.29, 0.717) is 24.3 Å². The second-order valence-electron chi connectivity index (χ2n) is 16.7. The molecule has 0 saturated heterocycles. The first-order valence-corrected chi connectivity index (χ1v) is 36.8. The normalized spacial score (nSPS) is 12.7. The Morgan fingerprint density at radius 1 is 0.333 bits per heavy atom. The summed E-state index contributed by atoms with van der Waals surface area (Å²) in [4.78, 5) is 27.5. The van der Waals surface area contributed by atoms with Gasteiger partial charge in [-0.05, 0) is 0 Å². The van der Waals surface area contributed by atoms with E-state index >= 15 is 0 Å². The maximum absolute atomic E-state index is 13.8. The third-order valence-corrected chi connectivity index (χ3v) is 39.9. The molecule has 0 spiro atoms. The average Bonchev–Trinajstić information content (AvgIpc) is 3.20. The van der Waals surface area contributed by atoms with Gasteiger partial charge in [0.1, 0.15) is 0 Å². The van der Waals surface area contributed by atoms with Gasteiger partial charge in [0, 0.05) is 0 Å². The summed E-state index contributed by atoms with van der Waals surface area (Å²) in [6.07, 6.45) is 35.4. The van der Waals surface area contributed by atoms with Crippen molar-refractivity contribution in [2.45, 2.75) is 267 Å². The number of carbonyl (C=O) groups excluding carboxylic acids is 2. The van der Waals surface area contributed by atoms with Crippen LogP contribution in [0.3, 0.4) is 0 Å². The van der Waals surface area contributed by atoms with Gasteiger partial charge >= 0.3 is 367 Å². The topological polar surface area (TPSA) is 89.5 Å². The predicted molar refractivity (Wildman–Crippen MR) is 244 cm³/mol. The van der Waals surface area contributed by atoms with Crippen LogP contribution in [0, 0.1) is 0 Å². The fourth-order valence-corrected chi connectivity index (χ4v) is 41.5. The van der Waals surface area contributed by atoms with E-state index in [1.165, 1.54) is 96.3 Å². The minimum atomic E-state index is -4.76. The van der Waals surface area contributed by atoms with Gasteiger partial charge in [-0.15, -0.1) is 0 Å². The Balaban J connectivity index is 6.71. The molecule has 10 heteroatoms. The zero-order valence-corrected chi connectivity index (χ0v) is 44.6. The fraction of sp³-hybridized carbons (Fsp3) is 0.957. The Hall–Kier alpha value is 0.0574. The van der Waals surface area contributed by atoms with Crippen LogP contribution in [-0.4, -0.2) is 71.0 Å². The fourth-order valence-electron chi connectivity index (χ4n) is 7.35. The molecule has 0 aliphatic carbocycles. The summed E-state index contributed by atoms with van der Waals surface area (Å²) < 4.78 is 41.4. The van der Waals surface area contributed by atoms with Gasteiger partial charge in [0.2, 0.25) is 0 Å². The molecule has 0 bridgehead atoms. The van der Waals surface area contributed by atoms with Crippen LogP contribution in [-0.2, 0) is 20.1 Å². The summed E-state index contributed by atoms with van der Waals surface area (Å²) >= 11 is -9.14. The van der Waals surface area contributed by atoms with E-state index in [1.807, 2.05) is 0 Å². The van der Waals surface area contributed by atoms with Crippen molar-refractivity contribution in [3.05, 3.63) is 0 Å². The van der Waals surface area contributed by atoms with E-state index in [4.69, 9.17) is 20.1 Å². The standard InChI is InChI=1S/2C8H16O3.3C8H17.C7H15O.O.2Sn/c2*1-2-3-4-5-6-7-11-8(9)10;3*1-3-5-7-8-6-4-2;1-2-3-4-5-6-7-8;;;/h2*2-7H2,1H3,(H,9,10);3*1,3-8H2,2H3;2-7H2,1H3;;;/q;;;;;-1;;+1;+2/p-2. The first-order valence-electron chi connectivity index (χ1n) is 24.9. The monoisotopic (exact) mass is 1030 g/mol. The van der Waals surface area contributed by atoms with Crippen molar-refractivity contribution in [3.63, 3.8) is 0 Å².